The Morgan fingerprint density at radius 2 is 2.04 bits per heavy atom. The van der Waals surface area contributed by atoms with E-state index in [1.165, 1.54) is 4.40 Å². The first kappa shape index (κ1) is 18.6. The molecule has 0 fully saturated rings. The van der Waals surface area contributed by atoms with E-state index in [1.807, 2.05) is 0 Å². The molecule has 0 aliphatic rings. The number of fused-ring (bicyclic) bond motifs is 1. The Kier molecular flexibility index (Phi) is 4.65. The van der Waals surface area contributed by atoms with Gasteiger partial charge in [-0.15, -0.1) is 11.3 Å². The van der Waals surface area contributed by atoms with Gasteiger partial charge in [0, 0.05) is 23.4 Å². The van der Waals surface area contributed by atoms with E-state index in [2.05, 4.69) is 10.1 Å². The third kappa shape index (κ3) is 3.26. The normalized spacial score (nSPS) is 12.1. The van der Waals surface area contributed by atoms with Crippen LogP contribution in [0.25, 0.3) is 4.96 Å². The third-order valence-corrected chi connectivity index (χ3v) is 4.82. The number of alkyl halides is 3. The lowest BCUT2D eigenvalue weighted by Crippen LogP contribution is -2.21. The summed E-state index contributed by atoms with van der Waals surface area (Å²) >= 11 is 6.71. The molecule has 3 aromatic rings. The number of carbonyl (C=O) groups excluding carboxylic acids is 1. The van der Waals surface area contributed by atoms with Crippen LogP contribution < -0.4 is 5.56 Å². The highest BCUT2D eigenvalue weighted by Crippen LogP contribution is 2.31. The molecule has 0 radical (unpaired) electrons. The number of halogens is 4. The molecule has 0 aliphatic heterocycles. The summed E-state index contributed by atoms with van der Waals surface area (Å²) in [4.78, 5) is 29.6. The van der Waals surface area contributed by atoms with Gasteiger partial charge >= 0.3 is 6.18 Å². The molecule has 0 aliphatic carbocycles. The van der Waals surface area contributed by atoms with E-state index in [4.69, 9.17) is 11.6 Å². The molecule has 0 bridgehead atoms. The lowest BCUT2D eigenvalue weighted by molar-refractivity contribution is -0.144. The molecular weight excluding hydrogens is 393 g/mol. The lowest BCUT2D eigenvalue weighted by atomic mass is 10.2. The molecule has 3 aromatic heterocycles. The van der Waals surface area contributed by atoms with Gasteiger partial charge in [0.05, 0.1) is 12.2 Å². The second kappa shape index (κ2) is 6.51. The van der Waals surface area contributed by atoms with Crippen LogP contribution in [-0.4, -0.2) is 24.9 Å². The first-order valence-electron chi connectivity index (χ1n) is 7.47. The maximum absolute atomic E-state index is 13.0. The summed E-state index contributed by atoms with van der Waals surface area (Å²) in [6.07, 6.45) is -4.42. The first-order valence-corrected chi connectivity index (χ1v) is 8.67. The van der Waals surface area contributed by atoms with Gasteiger partial charge < -0.3 is 0 Å². The number of rotatable bonds is 4. The monoisotopic (exact) mass is 404 g/mol. The van der Waals surface area contributed by atoms with Crippen molar-refractivity contribution in [1.29, 1.82) is 0 Å². The van der Waals surface area contributed by atoms with E-state index in [9.17, 15) is 22.8 Å². The highest BCUT2D eigenvalue weighted by molar-refractivity contribution is 7.17. The summed E-state index contributed by atoms with van der Waals surface area (Å²) in [5.74, 6) is -0.205. The molecule has 0 unspecified atom stereocenters. The minimum atomic E-state index is -4.64. The van der Waals surface area contributed by atoms with Gasteiger partial charge in [0.1, 0.15) is 11.4 Å². The molecule has 0 aromatic carbocycles. The lowest BCUT2D eigenvalue weighted by Gasteiger charge is -2.09. The number of carbonyl (C=O) groups is 1. The predicted octanol–water partition coefficient (Wildman–Crippen LogP) is 3.57. The molecule has 138 valence electrons. The van der Waals surface area contributed by atoms with E-state index in [1.54, 1.807) is 13.8 Å². The van der Waals surface area contributed by atoms with Crippen molar-refractivity contribution in [3.8, 4) is 0 Å². The Balaban J connectivity index is 2.09. The highest BCUT2D eigenvalue weighted by atomic mass is 35.5. The summed E-state index contributed by atoms with van der Waals surface area (Å²) in [5, 5.41) is 3.30. The summed E-state index contributed by atoms with van der Waals surface area (Å²) < 4.78 is 41.0. The quantitative estimate of drug-likeness (QED) is 0.623. The van der Waals surface area contributed by atoms with E-state index in [0.29, 0.717) is 15.6 Å². The largest absolute Gasteiger partial charge is 0.433 e. The average Bonchev–Trinajstić information content (AvgIpc) is 3.06. The van der Waals surface area contributed by atoms with E-state index < -0.39 is 17.4 Å². The van der Waals surface area contributed by atoms with Gasteiger partial charge in [0.15, 0.2) is 15.9 Å². The molecule has 0 amide bonds. The standard InChI is InChI=1S/C15H12ClF3N4O2S/c1-3-9(24)13-7(2)26-14-20-8(4-12(25)23(13)14)6-22-10(15(17,18)19)5-11(16)21-22/h4-5H,3,6H2,1-2H3. The second-order valence-electron chi connectivity index (χ2n) is 5.49. The minimum absolute atomic E-state index is 0.0945. The van der Waals surface area contributed by atoms with Crippen LogP contribution in [-0.2, 0) is 12.7 Å². The molecule has 0 saturated heterocycles. The topological polar surface area (TPSA) is 69.3 Å². The number of ketones is 1. The fraction of sp³-hybridized carbons (Fsp3) is 0.333. The Hall–Kier alpha value is -2.20. The Morgan fingerprint density at radius 1 is 1.35 bits per heavy atom. The van der Waals surface area contributed by atoms with Crippen molar-refractivity contribution in [1.82, 2.24) is 19.2 Å². The molecule has 26 heavy (non-hydrogen) atoms. The van der Waals surface area contributed by atoms with E-state index in [-0.39, 0.29) is 40.3 Å². The van der Waals surface area contributed by atoms with Crippen molar-refractivity contribution in [3.63, 3.8) is 0 Å². The van der Waals surface area contributed by atoms with Crippen LogP contribution in [0.1, 0.15) is 40.1 Å². The Labute approximate surface area is 153 Å². The van der Waals surface area contributed by atoms with Crippen LogP contribution in [0.15, 0.2) is 16.9 Å². The molecule has 11 heteroatoms. The second-order valence-corrected chi connectivity index (χ2v) is 7.06. The van der Waals surface area contributed by atoms with Gasteiger partial charge in [-0.1, -0.05) is 18.5 Å². The molecule has 3 rings (SSSR count). The maximum Gasteiger partial charge on any atom is 0.433 e. The molecule has 3 heterocycles. The molecule has 6 nitrogen and oxygen atoms in total. The fourth-order valence-corrected chi connectivity index (χ4v) is 3.79. The van der Waals surface area contributed by atoms with Crippen molar-refractivity contribution in [3.05, 3.63) is 49.6 Å². The van der Waals surface area contributed by atoms with Crippen LogP contribution in [0.5, 0.6) is 0 Å². The van der Waals surface area contributed by atoms with E-state index >= 15 is 0 Å². The average molecular weight is 405 g/mol. The van der Waals surface area contributed by atoms with Crippen LogP contribution in [0, 0.1) is 6.92 Å². The zero-order chi connectivity index (χ0) is 19.2. The number of hydrogen-bond donors (Lipinski definition) is 0. The van der Waals surface area contributed by atoms with Crippen molar-refractivity contribution in [2.45, 2.75) is 33.0 Å². The SMILES string of the molecule is CCC(=O)c1c(C)sc2nc(Cn3nc(Cl)cc3C(F)(F)F)cc(=O)n12. The highest BCUT2D eigenvalue weighted by Gasteiger charge is 2.35. The number of aromatic nitrogens is 4. The smallest absolute Gasteiger partial charge is 0.292 e. The summed E-state index contributed by atoms with van der Waals surface area (Å²) in [6, 6.07) is 1.81. The van der Waals surface area contributed by atoms with Crippen LogP contribution in [0.3, 0.4) is 0 Å². The maximum atomic E-state index is 13.0. The van der Waals surface area contributed by atoms with Gasteiger partial charge in [0.2, 0.25) is 0 Å². The number of aryl methyl sites for hydroxylation is 1. The van der Waals surface area contributed by atoms with Crippen molar-refractivity contribution >= 4 is 33.7 Å². The van der Waals surface area contributed by atoms with Crippen LogP contribution in [0.2, 0.25) is 5.15 Å². The van der Waals surface area contributed by atoms with E-state index in [0.717, 1.165) is 17.4 Å². The predicted molar refractivity (Wildman–Crippen MR) is 90.0 cm³/mol. The van der Waals surface area contributed by atoms with Gasteiger partial charge in [0.25, 0.3) is 5.56 Å². The van der Waals surface area contributed by atoms with Crippen LogP contribution in [0.4, 0.5) is 13.2 Å². The molecule has 0 N–H and O–H groups in total. The van der Waals surface area contributed by atoms with Gasteiger partial charge in [-0.3, -0.25) is 14.3 Å². The summed E-state index contributed by atoms with van der Waals surface area (Å²) in [5.41, 5.74) is -1.21. The molecule has 0 saturated carbocycles. The van der Waals surface area contributed by atoms with Gasteiger partial charge in [-0.2, -0.15) is 18.3 Å². The summed E-state index contributed by atoms with van der Waals surface area (Å²) in [7, 11) is 0. The number of thiazole rings is 1. The molecular formula is C15H12ClF3N4O2S. The zero-order valence-electron chi connectivity index (χ0n) is 13.6. The number of nitrogens with zero attached hydrogens (tertiary/aromatic N) is 4. The van der Waals surface area contributed by atoms with Gasteiger partial charge in [-0.05, 0) is 6.92 Å². The summed E-state index contributed by atoms with van der Waals surface area (Å²) in [6.45, 7) is 3.00. The molecule has 0 atom stereocenters. The number of Topliss-reactive ketones (excluding diaryl/α,β-unsaturated/α-hetero) is 1. The Bertz CT molecular complexity index is 1070. The Morgan fingerprint density at radius 3 is 2.65 bits per heavy atom. The van der Waals surface area contributed by atoms with Gasteiger partial charge in [-0.25, -0.2) is 9.38 Å². The first-order chi connectivity index (χ1) is 12.1. The van der Waals surface area contributed by atoms with Crippen molar-refractivity contribution < 1.29 is 18.0 Å². The third-order valence-electron chi connectivity index (χ3n) is 3.68. The zero-order valence-corrected chi connectivity index (χ0v) is 15.2. The van der Waals surface area contributed by atoms with Crippen molar-refractivity contribution in [2.75, 3.05) is 0 Å². The molecule has 0 spiro atoms. The number of hydrogen-bond acceptors (Lipinski definition) is 5. The fourth-order valence-electron chi connectivity index (χ4n) is 2.58. The van der Waals surface area contributed by atoms with Crippen LogP contribution >= 0.6 is 22.9 Å². The minimum Gasteiger partial charge on any atom is -0.292 e. The van der Waals surface area contributed by atoms with Crippen molar-refractivity contribution in [2.24, 2.45) is 0 Å².